The summed E-state index contributed by atoms with van der Waals surface area (Å²) in [5.41, 5.74) is -2.68. The SMILES string of the molecule is Cc1nsc(NC(=O)C2(C(F)(F)F)CCNC2)c1C(=O)O. The average Bonchev–Trinajstić information content (AvgIpc) is 2.95. The quantitative estimate of drug-likeness (QED) is 0.786. The third-order valence-electron chi connectivity index (χ3n) is 3.44. The van der Waals surface area contributed by atoms with Crippen LogP contribution >= 0.6 is 11.5 Å². The number of anilines is 1. The van der Waals surface area contributed by atoms with Crippen molar-refractivity contribution in [3.63, 3.8) is 0 Å². The van der Waals surface area contributed by atoms with Crippen LogP contribution in [0, 0.1) is 12.3 Å². The van der Waals surface area contributed by atoms with Crippen LogP contribution in [0.3, 0.4) is 0 Å². The van der Waals surface area contributed by atoms with Crippen LogP contribution in [0.2, 0.25) is 0 Å². The predicted molar refractivity (Wildman–Crippen MR) is 68.4 cm³/mol. The molecule has 1 aliphatic rings. The molecule has 1 fully saturated rings. The Morgan fingerprint density at radius 2 is 2.14 bits per heavy atom. The van der Waals surface area contributed by atoms with Gasteiger partial charge in [-0.3, -0.25) is 4.79 Å². The van der Waals surface area contributed by atoms with Gasteiger partial charge in [0.2, 0.25) is 5.91 Å². The average molecular weight is 323 g/mol. The lowest BCUT2D eigenvalue weighted by Crippen LogP contribution is -2.49. The van der Waals surface area contributed by atoms with Crippen molar-refractivity contribution >= 4 is 28.4 Å². The summed E-state index contributed by atoms with van der Waals surface area (Å²) in [5.74, 6) is -2.60. The number of carbonyl (C=O) groups is 2. The second-order valence-corrected chi connectivity index (χ2v) is 5.51. The summed E-state index contributed by atoms with van der Waals surface area (Å²) in [6, 6.07) is 0. The molecule has 0 bridgehead atoms. The maximum Gasteiger partial charge on any atom is 0.404 e. The van der Waals surface area contributed by atoms with Crippen molar-refractivity contribution in [1.82, 2.24) is 9.69 Å². The second-order valence-electron chi connectivity index (χ2n) is 4.74. The van der Waals surface area contributed by atoms with Crippen molar-refractivity contribution in [3.8, 4) is 0 Å². The molecule has 1 aliphatic heterocycles. The van der Waals surface area contributed by atoms with Gasteiger partial charge in [0.1, 0.15) is 10.6 Å². The Morgan fingerprint density at radius 1 is 1.48 bits per heavy atom. The highest BCUT2D eigenvalue weighted by Crippen LogP contribution is 2.44. The third-order valence-corrected chi connectivity index (χ3v) is 4.29. The third kappa shape index (κ3) is 2.60. The van der Waals surface area contributed by atoms with Gasteiger partial charge in [-0.25, -0.2) is 4.79 Å². The maximum absolute atomic E-state index is 13.2. The van der Waals surface area contributed by atoms with E-state index in [0.29, 0.717) is 11.5 Å². The molecule has 6 nitrogen and oxygen atoms in total. The molecule has 1 atom stereocenters. The smallest absolute Gasteiger partial charge is 0.404 e. The summed E-state index contributed by atoms with van der Waals surface area (Å²) in [7, 11) is 0. The molecule has 2 rings (SSSR count). The van der Waals surface area contributed by atoms with E-state index in [4.69, 9.17) is 5.11 Å². The summed E-state index contributed by atoms with van der Waals surface area (Å²) in [6.45, 7) is 0.954. The number of hydrogen-bond acceptors (Lipinski definition) is 5. The zero-order chi connectivity index (χ0) is 15.8. The number of nitrogens with one attached hydrogen (secondary N) is 2. The molecule has 0 radical (unpaired) electrons. The van der Waals surface area contributed by atoms with E-state index in [2.05, 4.69) is 15.0 Å². The van der Waals surface area contributed by atoms with Gasteiger partial charge in [0.15, 0.2) is 5.41 Å². The molecule has 1 aromatic heterocycles. The standard InChI is InChI=1S/C11H12F3N3O3S/c1-5-6(8(18)19)7(21-17-5)16-9(20)10(11(12,13)14)2-3-15-4-10/h15H,2-4H2,1H3,(H,16,20)(H,18,19). The minimum absolute atomic E-state index is 0.0699. The molecule has 3 N–H and O–H groups in total. The van der Waals surface area contributed by atoms with E-state index < -0.39 is 30.0 Å². The summed E-state index contributed by atoms with van der Waals surface area (Å²) in [4.78, 5) is 23.1. The Balaban J connectivity index is 2.31. The van der Waals surface area contributed by atoms with Crippen molar-refractivity contribution in [3.05, 3.63) is 11.3 Å². The summed E-state index contributed by atoms with van der Waals surface area (Å²) < 4.78 is 43.4. The molecule has 0 aromatic carbocycles. The molecule has 0 spiro atoms. The van der Waals surface area contributed by atoms with E-state index >= 15 is 0 Å². The number of aromatic carboxylic acids is 1. The second kappa shape index (κ2) is 5.26. The van der Waals surface area contributed by atoms with Crippen molar-refractivity contribution in [2.75, 3.05) is 18.4 Å². The van der Waals surface area contributed by atoms with E-state index in [1.807, 2.05) is 0 Å². The van der Waals surface area contributed by atoms with Gasteiger partial charge in [0.05, 0.1) is 5.69 Å². The van der Waals surface area contributed by atoms with Gasteiger partial charge in [0.25, 0.3) is 0 Å². The number of nitrogens with zero attached hydrogens (tertiary/aromatic N) is 1. The Bertz CT molecular complexity index is 579. The van der Waals surface area contributed by atoms with E-state index in [1.165, 1.54) is 6.92 Å². The monoisotopic (exact) mass is 323 g/mol. The van der Waals surface area contributed by atoms with Crippen LogP contribution in [0.1, 0.15) is 22.5 Å². The molecule has 1 aromatic rings. The Morgan fingerprint density at radius 3 is 2.62 bits per heavy atom. The normalized spacial score (nSPS) is 22.3. The number of hydrogen-bond donors (Lipinski definition) is 3. The van der Waals surface area contributed by atoms with E-state index in [-0.39, 0.29) is 29.2 Å². The number of carbonyl (C=O) groups excluding carboxylic acids is 1. The molecule has 1 saturated heterocycles. The van der Waals surface area contributed by atoms with Crippen LogP contribution in [-0.4, -0.2) is 40.6 Å². The fraction of sp³-hybridized carbons (Fsp3) is 0.545. The summed E-state index contributed by atoms with van der Waals surface area (Å²) in [6.07, 6.45) is -5.10. The largest absolute Gasteiger partial charge is 0.478 e. The van der Waals surface area contributed by atoms with Crippen LogP contribution in [0.5, 0.6) is 0 Å². The molecular weight excluding hydrogens is 311 g/mol. The van der Waals surface area contributed by atoms with E-state index in [1.54, 1.807) is 0 Å². The number of carboxylic acids is 1. The highest BCUT2D eigenvalue weighted by atomic mass is 32.1. The van der Waals surface area contributed by atoms with Crippen LogP contribution in [0.15, 0.2) is 0 Å². The fourth-order valence-corrected chi connectivity index (χ4v) is 2.97. The first-order valence-electron chi connectivity index (χ1n) is 5.97. The van der Waals surface area contributed by atoms with Gasteiger partial charge in [-0.1, -0.05) is 0 Å². The Kier molecular flexibility index (Phi) is 3.93. The van der Waals surface area contributed by atoms with Crippen molar-refractivity contribution < 1.29 is 27.9 Å². The van der Waals surface area contributed by atoms with Gasteiger partial charge in [-0.15, -0.1) is 0 Å². The van der Waals surface area contributed by atoms with Crippen molar-refractivity contribution in [2.45, 2.75) is 19.5 Å². The van der Waals surface area contributed by atoms with Crippen molar-refractivity contribution in [2.24, 2.45) is 5.41 Å². The molecule has 10 heteroatoms. The zero-order valence-corrected chi connectivity index (χ0v) is 11.7. The zero-order valence-electron chi connectivity index (χ0n) is 10.9. The molecule has 1 amide bonds. The van der Waals surface area contributed by atoms with Crippen molar-refractivity contribution in [1.29, 1.82) is 0 Å². The van der Waals surface area contributed by atoms with Crippen LogP contribution in [-0.2, 0) is 4.79 Å². The van der Waals surface area contributed by atoms with Crippen LogP contribution in [0.4, 0.5) is 18.2 Å². The van der Waals surface area contributed by atoms with Gasteiger partial charge in [-0.2, -0.15) is 17.5 Å². The minimum Gasteiger partial charge on any atom is -0.478 e. The van der Waals surface area contributed by atoms with E-state index in [9.17, 15) is 22.8 Å². The molecule has 21 heavy (non-hydrogen) atoms. The number of amides is 1. The minimum atomic E-state index is -4.72. The summed E-state index contributed by atoms with van der Waals surface area (Å²) >= 11 is 0.650. The van der Waals surface area contributed by atoms with Gasteiger partial charge in [0, 0.05) is 6.54 Å². The molecule has 2 heterocycles. The predicted octanol–water partition coefficient (Wildman–Crippen LogP) is 1.63. The molecule has 116 valence electrons. The number of aryl methyl sites for hydroxylation is 1. The first-order valence-corrected chi connectivity index (χ1v) is 6.75. The highest BCUT2D eigenvalue weighted by Gasteiger charge is 2.61. The molecule has 0 aliphatic carbocycles. The van der Waals surface area contributed by atoms with Gasteiger partial charge >= 0.3 is 12.1 Å². The highest BCUT2D eigenvalue weighted by molar-refractivity contribution is 7.11. The lowest BCUT2D eigenvalue weighted by molar-refractivity contribution is -0.213. The molecular formula is C11H12F3N3O3S. The molecule has 1 unspecified atom stereocenters. The van der Waals surface area contributed by atoms with E-state index in [0.717, 1.165) is 0 Å². The summed E-state index contributed by atoms with van der Waals surface area (Å²) in [5, 5.41) is 13.4. The Labute approximate surface area is 121 Å². The first-order chi connectivity index (χ1) is 9.69. The lowest BCUT2D eigenvalue weighted by atomic mass is 9.85. The van der Waals surface area contributed by atoms with Crippen LogP contribution in [0.25, 0.3) is 0 Å². The number of rotatable bonds is 3. The Hall–Kier alpha value is -1.68. The van der Waals surface area contributed by atoms with Crippen LogP contribution < -0.4 is 10.6 Å². The lowest BCUT2D eigenvalue weighted by Gasteiger charge is -2.29. The van der Waals surface area contributed by atoms with Gasteiger partial charge in [-0.05, 0) is 31.4 Å². The van der Waals surface area contributed by atoms with Gasteiger partial charge < -0.3 is 15.7 Å². The fourth-order valence-electron chi connectivity index (χ4n) is 2.19. The number of carboxylic acid groups (broad SMARTS) is 1. The number of aromatic nitrogens is 1. The topological polar surface area (TPSA) is 91.3 Å². The molecule has 0 saturated carbocycles. The maximum atomic E-state index is 13.2. The number of halogens is 3. The number of alkyl halides is 3. The first kappa shape index (κ1) is 15.7.